The average Bonchev–Trinajstić information content (AvgIpc) is 3.14. The third-order valence-corrected chi connectivity index (χ3v) is 5.66. The van der Waals surface area contributed by atoms with Gasteiger partial charge in [0.05, 0.1) is 12.2 Å². The molecule has 1 amide bonds. The molecular weight excluding hydrogens is 408 g/mol. The molecule has 2 aromatic carbocycles. The van der Waals surface area contributed by atoms with E-state index in [0.29, 0.717) is 22.1 Å². The number of rotatable bonds is 8. The molecule has 0 aliphatic heterocycles. The third-order valence-electron chi connectivity index (χ3n) is 4.19. The summed E-state index contributed by atoms with van der Waals surface area (Å²) in [7, 11) is 0. The Morgan fingerprint density at radius 2 is 1.83 bits per heavy atom. The number of quaternary nitrogens is 1. The lowest BCUT2D eigenvalue weighted by Crippen LogP contribution is -2.84. The normalized spacial score (nSPS) is 10.6. The van der Waals surface area contributed by atoms with Crippen molar-refractivity contribution in [3.8, 4) is 10.4 Å². The molecular formula is C22H22ClN2O3S+. The number of hydrogen-bond donors (Lipinski definition) is 2. The summed E-state index contributed by atoms with van der Waals surface area (Å²) in [5.74, 6) is -0.634. The van der Waals surface area contributed by atoms with Crippen molar-refractivity contribution >= 4 is 39.8 Å². The van der Waals surface area contributed by atoms with E-state index >= 15 is 0 Å². The van der Waals surface area contributed by atoms with E-state index in [9.17, 15) is 9.59 Å². The zero-order valence-corrected chi connectivity index (χ0v) is 17.6. The molecule has 29 heavy (non-hydrogen) atoms. The number of halogens is 1. The van der Waals surface area contributed by atoms with Gasteiger partial charge in [-0.15, -0.1) is 11.3 Å². The predicted octanol–water partition coefficient (Wildman–Crippen LogP) is 3.95. The lowest BCUT2D eigenvalue weighted by atomic mass is 10.1. The summed E-state index contributed by atoms with van der Waals surface area (Å²) in [4.78, 5) is 25.7. The molecule has 3 N–H and O–H groups in total. The Labute approximate surface area is 178 Å². The van der Waals surface area contributed by atoms with E-state index in [-0.39, 0.29) is 19.1 Å². The minimum absolute atomic E-state index is 0.191. The summed E-state index contributed by atoms with van der Waals surface area (Å²) in [5.41, 5.74) is 2.32. The summed E-state index contributed by atoms with van der Waals surface area (Å²) >= 11 is 7.50. The SMILES string of the molecule is CCOC(=O)c1cc(-c2ccccc2)sc1NC(=O)C[NH2+]Cc1ccccc1Cl. The van der Waals surface area contributed by atoms with Crippen molar-refractivity contribution in [1.82, 2.24) is 0 Å². The van der Waals surface area contributed by atoms with Crippen LogP contribution in [0.25, 0.3) is 10.4 Å². The van der Waals surface area contributed by atoms with Crippen LogP contribution in [0.4, 0.5) is 5.00 Å². The Morgan fingerprint density at radius 3 is 2.55 bits per heavy atom. The van der Waals surface area contributed by atoms with E-state index in [1.165, 1.54) is 11.3 Å². The summed E-state index contributed by atoms with van der Waals surface area (Å²) in [6, 6.07) is 19.0. The van der Waals surface area contributed by atoms with Crippen LogP contribution in [0.3, 0.4) is 0 Å². The van der Waals surface area contributed by atoms with E-state index in [4.69, 9.17) is 16.3 Å². The van der Waals surface area contributed by atoms with Gasteiger partial charge in [0.15, 0.2) is 6.54 Å². The van der Waals surface area contributed by atoms with Crippen LogP contribution < -0.4 is 10.6 Å². The van der Waals surface area contributed by atoms with Crippen molar-refractivity contribution in [3.63, 3.8) is 0 Å². The molecule has 0 radical (unpaired) electrons. The largest absolute Gasteiger partial charge is 0.462 e. The molecule has 3 aromatic rings. The standard InChI is InChI=1S/C22H21ClN2O3S/c1-2-28-22(27)17-12-19(15-8-4-3-5-9-15)29-21(17)25-20(26)14-24-13-16-10-6-7-11-18(16)23/h3-12,24H,2,13-14H2,1H3,(H,25,26)/p+1. The minimum atomic E-state index is -0.443. The van der Waals surface area contributed by atoms with Crippen LogP contribution in [-0.2, 0) is 16.1 Å². The van der Waals surface area contributed by atoms with Gasteiger partial charge in [-0.1, -0.05) is 60.1 Å². The number of nitrogens with one attached hydrogen (secondary N) is 1. The maximum absolute atomic E-state index is 12.4. The molecule has 1 heterocycles. The number of ether oxygens (including phenoxy) is 1. The van der Waals surface area contributed by atoms with Gasteiger partial charge in [0.2, 0.25) is 0 Å². The lowest BCUT2D eigenvalue weighted by Gasteiger charge is -2.06. The number of benzene rings is 2. The topological polar surface area (TPSA) is 72.0 Å². The summed E-state index contributed by atoms with van der Waals surface area (Å²) < 4.78 is 5.15. The van der Waals surface area contributed by atoms with Crippen LogP contribution in [0.1, 0.15) is 22.8 Å². The molecule has 0 fully saturated rings. The number of carbonyl (C=O) groups excluding carboxylic acids is 2. The molecule has 0 unspecified atom stereocenters. The molecule has 0 aliphatic rings. The van der Waals surface area contributed by atoms with Crippen molar-refractivity contribution < 1.29 is 19.6 Å². The van der Waals surface area contributed by atoms with Crippen LogP contribution in [0, 0.1) is 0 Å². The Hall–Kier alpha value is -2.67. The number of esters is 1. The van der Waals surface area contributed by atoms with Gasteiger partial charge >= 0.3 is 5.97 Å². The van der Waals surface area contributed by atoms with Gasteiger partial charge in [0.25, 0.3) is 5.91 Å². The fourth-order valence-corrected chi connectivity index (χ4v) is 4.07. The van der Waals surface area contributed by atoms with E-state index in [1.54, 1.807) is 13.0 Å². The fourth-order valence-electron chi connectivity index (χ4n) is 2.79. The molecule has 0 spiro atoms. The highest BCUT2D eigenvalue weighted by molar-refractivity contribution is 7.20. The number of thiophene rings is 1. The Bertz CT molecular complexity index is 989. The number of nitrogens with two attached hydrogens (primary N) is 1. The highest BCUT2D eigenvalue weighted by Crippen LogP contribution is 2.35. The monoisotopic (exact) mass is 429 g/mol. The third kappa shape index (κ3) is 5.67. The van der Waals surface area contributed by atoms with Gasteiger partial charge in [-0.2, -0.15) is 0 Å². The zero-order chi connectivity index (χ0) is 20.6. The summed E-state index contributed by atoms with van der Waals surface area (Å²) in [6.07, 6.45) is 0. The first kappa shape index (κ1) is 21.0. The first-order valence-corrected chi connectivity index (χ1v) is 10.5. The van der Waals surface area contributed by atoms with Gasteiger partial charge in [0.1, 0.15) is 11.5 Å². The van der Waals surface area contributed by atoms with Crippen molar-refractivity contribution in [2.45, 2.75) is 13.5 Å². The van der Waals surface area contributed by atoms with Crippen molar-refractivity contribution in [2.24, 2.45) is 0 Å². The van der Waals surface area contributed by atoms with Gasteiger partial charge in [-0.3, -0.25) is 4.79 Å². The smallest absolute Gasteiger partial charge is 0.341 e. The molecule has 1 aromatic heterocycles. The van der Waals surface area contributed by atoms with E-state index in [2.05, 4.69) is 5.32 Å². The second-order valence-corrected chi connectivity index (χ2v) is 7.74. The predicted molar refractivity (Wildman–Crippen MR) is 116 cm³/mol. The van der Waals surface area contributed by atoms with Crippen molar-refractivity contribution in [1.29, 1.82) is 0 Å². The van der Waals surface area contributed by atoms with E-state index < -0.39 is 5.97 Å². The second-order valence-electron chi connectivity index (χ2n) is 6.28. The molecule has 150 valence electrons. The van der Waals surface area contributed by atoms with Crippen LogP contribution in [0.15, 0.2) is 60.7 Å². The molecule has 0 atom stereocenters. The maximum Gasteiger partial charge on any atom is 0.341 e. The van der Waals surface area contributed by atoms with Gasteiger partial charge in [-0.25, -0.2) is 4.79 Å². The average molecular weight is 430 g/mol. The first-order chi connectivity index (χ1) is 14.1. The van der Waals surface area contributed by atoms with E-state index in [0.717, 1.165) is 16.0 Å². The molecule has 0 saturated carbocycles. The fraction of sp³-hybridized carbons (Fsp3) is 0.182. The number of carbonyl (C=O) groups is 2. The summed E-state index contributed by atoms with van der Waals surface area (Å²) in [5, 5.41) is 5.90. The molecule has 5 nitrogen and oxygen atoms in total. The molecule has 0 bridgehead atoms. The van der Waals surface area contributed by atoms with Crippen LogP contribution >= 0.6 is 22.9 Å². The van der Waals surface area contributed by atoms with Crippen LogP contribution in [0.2, 0.25) is 5.02 Å². The Kier molecular flexibility index (Phi) is 7.41. The summed E-state index contributed by atoms with van der Waals surface area (Å²) in [6.45, 7) is 2.84. The quantitative estimate of drug-likeness (QED) is 0.532. The van der Waals surface area contributed by atoms with Gasteiger partial charge in [0, 0.05) is 15.5 Å². The van der Waals surface area contributed by atoms with Gasteiger partial charge in [-0.05, 0) is 24.6 Å². The van der Waals surface area contributed by atoms with E-state index in [1.807, 2.05) is 59.9 Å². The lowest BCUT2D eigenvalue weighted by molar-refractivity contribution is -0.659. The van der Waals surface area contributed by atoms with Gasteiger partial charge < -0.3 is 15.4 Å². The van der Waals surface area contributed by atoms with Crippen LogP contribution in [-0.4, -0.2) is 25.0 Å². The van der Waals surface area contributed by atoms with Crippen molar-refractivity contribution in [3.05, 3.63) is 76.8 Å². The number of amides is 1. The Morgan fingerprint density at radius 1 is 1.10 bits per heavy atom. The number of hydrogen-bond acceptors (Lipinski definition) is 4. The zero-order valence-electron chi connectivity index (χ0n) is 16.0. The second kappa shape index (κ2) is 10.2. The molecule has 3 rings (SSSR count). The maximum atomic E-state index is 12.4. The first-order valence-electron chi connectivity index (χ1n) is 9.29. The molecule has 0 aliphatic carbocycles. The number of anilines is 1. The minimum Gasteiger partial charge on any atom is -0.462 e. The van der Waals surface area contributed by atoms with Crippen molar-refractivity contribution in [2.75, 3.05) is 18.5 Å². The Balaban J connectivity index is 1.69. The van der Waals surface area contributed by atoms with Crippen LogP contribution in [0.5, 0.6) is 0 Å². The highest BCUT2D eigenvalue weighted by Gasteiger charge is 2.20. The highest BCUT2D eigenvalue weighted by atomic mass is 35.5. The molecule has 0 saturated heterocycles. The molecule has 7 heteroatoms.